The minimum atomic E-state index is -0.808. The Morgan fingerprint density at radius 2 is 1.91 bits per heavy atom. The number of H-pyrrole nitrogens is 2. The van der Waals surface area contributed by atoms with Crippen LogP contribution in [0.25, 0.3) is 0 Å². The van der Waals surface area contributed by atoms with Crippen molar-refractivity contribution >= 4 is 23.3 Å². The van der Waals surface area contributed by atoms with Crippen LogP contribution in [0.1, 0.15) is 5.56 Å². The van der Waals surface area contributed by atoms with Gasteiger partial charge in [0.15, 0.2) is 0 Å². The predicted octanol–water partition coefficient (Wildman–Crippen LogP) is 0.326. The monoisotopic (exact) mass is 320 g/mol. The van der Waals surface area contributed by atoms with Crippen molar-refractivity contribution in [3.63, 3.8) is 0 Å². The fourth-order valence-corrected chi connectivity index (χ4v) is 1.57. The number of nitro groups is 2. The lowest BCUT2D eigenvalue weighted by molar-refractivity contribution is -0.393. The fourth-order valence-electron chi connectivity index (χ4n) is 1.57. The van der Waals surface area contributed by atoms with E-state index in [1.165, 1.54) is 0 Å². The number of hydrogen-bond acceptors (Lipinski definition) is 8. The van der Waals surface area contributed by atoms with Crippen molar-refractivity contribution in [2.75, 3.05) is 5.43 Å². The van der Waals surface area contributed by atoms with Gasteiger partial charge in [0, 0.05) is 12.3 Å². The Bertz CT molecular complexity index is 914. The number of hydrogen-bond donors (Lipinski definition) is 3. The zero-order valence-corrected chi connectivity index (χ0v) is 11.2. The summed E-state index contributed by atoms with van der Waals surface area (Å²) in [6.07, 6.45) is 2.14. The van der Waals surface area contributed by atoms with Crippen molar-refractivity contribution in [1.29, 1.82) is 0 Å². The lowest BCUT2D eigenvalue weighted by Gasteiger charge is -2.01. The van der Waals surface area contributed by atoms with E-state index in [0.717, 1.165) is 30.6 Å². The van der Waals surface area contributed by atoms with Crippen LogP contribution in [0.4, 0.5) is 17.1 Å². The lowest BCUT2D eigenvalue weighted by Crippen LogP contribution is -2.24. The molecule has 2 aromatic rings. The second-order valence-electron chi connectivity index (χ2n) is 4.11. The van der Waals surface area contributed by atoms with Crippen LogP contribution >= 0.6 is 0 Å². The van der Waals surface area contributed by atoms with E-state index in [4.69, 9.17) is 0 Å². The van der Waals surface area contributed by atoms with Crippen LogP contribution < -0.4 is 16.7 Å². The topological polar surface area (TPSA) is 176 Å². The van der Waals surface area contributed by atoms with Gasteiger partial charge >= 0.3 is 11.4 Å². The molecule has 0 saturated heterocycles. The van der Waals surface area contributed by atoms with Gasteiger partial charge in [-0.25, -0.2) is 4.79 Å². The number of hydrazone groups is 1. The third-order valence-electron chi connectivity index (χ3n) is 2.63. The number of non-ortho nitro benzene ring substituents is 1. The highest BCUT2D eigenvalue weighted by Crippen LogP contribution is 2.28. The van der Waals surface area contributed by atoms with Crippen molar-refractivity contribution in [2.45, 2.75) is 0 Å². The Hall–Kier alpha value is -3.83. The minimum absolute atomic E-state index is 0.00154. The Kier molecular flexibility index (Phi) is 4.26. The first-order chi connectivity index (χ1) is 10.9. The van der Waals surface area contributed by atoms with Crippen molar-refractivity contribution in [3.05, 3.63) is 71.0 Å². The Morgan fingerprint density at radius 1 is 1.17 bits per heavy atom. The molecule has 0 atom stereocenters. The van der Waals surface area contributed by atoms with Gasteiger partial charge in [0.25, 0.3) is 11.2 Å². The molecule has 12 heteroatoms. The van der Waals surface area contributed by atoms with Crippen molar-refractivity contribution in [2.24, 2.45) is 5.10 Å². The Morgan fingerprint density at radius 3 is 2.52 bits per heavy atom. The van der Waals surface area contributed by atoms with Crippen LogP contribution in [-0.2, 0) is 0 Å². The molecule has 0 spiro atoms. The molecule has 0 radical (unpaired) electrons. The molecule has 1 aromatic carbocycles. The first-order valence-corrected chi connectivity index (χ1v) is 5.92. The first-order valence-electron chi connectivity index (χ1n) is 5.92. The average molecular weight is 320 g/mol. The van der Waals surface area contributed by atoms with Gasteiger partial charge in [0.2, 0.25) is 0 Å². The Balaban J connectivity index is 2.27. The summed E-state index contributed by atoms with van der Waals surface area (Å²) in [7, 11) is 0. The quantitative estimate of drug-likeness (QED) is 0.403. The highest BCUT2D eigenvalue weighted by Gasteiger charge is 2.19. The second kappa shape index (κ2) is 6.30. The molecular weight excluding hydrogens is 312 g/mol. The van der Waals surface area contributed by atoms with Crippen LogP contribution in [0, 0.1) is 20.2 Å². The molecule has 3 N–H and O–H groups in total. The number of nitrogens with one attached hydrogen (secondary N) is 3. The molecule has 0 saturated carbocycles. The number of nitro benzene ring substituents is 2. The number of benzene rings is 1. The average Bonchev–Trinajstić information content (AvgIpc) is 2.49. The van der Waals surface area contributed by atoms with Gasteiger partial charge in [0.1, 0.15) is 5.69 Å². The zero-order valence-electron chi connectivity index (χ0n) is 11.2. The standard InChI is InChI=1S/C11H8N6O6/c18-10-6(4-12-11(19)14-10)5-13-15-8-2-1-7(16(20)21)3-9(8)17(22)23/h1-5,15H,(H2,12,14,18,19)/b13-5+. The van der Waals surface area contributed by atoms with E-state index in [1.807, 2.05) is 4.98 Å². The maximum absolute atomic E-state index is 11.4. The SMILES string of the molecule is O=c1[nH]cc(/C=N/Nc2ccc([N+](=O)[O-])cc2[N+](=O)[O-])c(=O)[nH]1. The van der Waals surface area contributed by atoms with E-state index in [2.05, 4.69) is 15.5 Å². The van der Waals surface area contributed by atoms with E-state index in [0.29, 0.717) is 0 Å². The fraction of sp³-hybridized carbons (Fsp3) is 0. The van der Waals surface area contributed by atoms with Crippen LogP contribution in [0.2, 0.25) is 0 Å². The highest BCUT2D eigenvalue weighted by molar-refractivity contribution is 5.79. The second-order valence-corrected chi connectivity index (χ2v) is 4.11. The highest BCUT2D eigenvalue weighted by atomic mass is 16.6. The summed E-state index contributed by atoms with van der Waals surface area (Å²) in [4.78, 5) is 46.4. The maximum atomic E-state index is 11.4. The number of aromatic nitrogens is 2. The molecule has 118 valence electrons. The van der Waals surface area contributed by atoms with Gasteiger partial charge in [-0.3, -0.25) is 35.4 Å². The predicted molar refractivity (Wildman–Crippen MR) is 78.7 cm³/mol. The summed E-state index contributed by atoms with van der Waals surface area (Å²) >= 11 is 0. The molecule has 23 heavy (non-hydrogen) atoms. The van der Waals surface area contributed by atoms with Crippen molar-refractivity contribution in [1.82, 2.24) is 9.97 Å². The summed E-state index contributed by atoms with van der Waals surface area (Å²) in [5.74, 6) is 0. The van der Waals surface area contributed by atoms with Crippen molar-refractivity contribution < 1.29 is 9.85 Å². The molecule has 0 aliphatic rings. The molecule has 0 amide bonds. The summed E-state index contributed by atoms with van der Waals surface area (Å²) in [6, 6.07) is 2.97. The summed E-state index contributed by atoms with van der Waals surface area (Å²) < 4.78 is 0. The first kappa shape index (κ1) is 15.6. The maximum Gasteiger partial charge on any atom is 0.325 e. The third-order valence-corrected chi connectivity index (χ3v) is 2.63. The molecule has 1 aromatic heterocycles. The zero-order chi connectivity index (χ0) is 17.0. The van der Waals surface area contributed by atoms with Gasteiger partial charge in [-0.1, -0.05) is 0 Å². The number of nitrogens with zero attached hydrogens (tertiary/aromatic N) is 3. The molecule has 0 bridgehead atoms. The van der Waals surface area contributed by atoms with E-state index >= 15 is 0 Å². The van der Waals surface area contributed by atoms with E-state index in [-0.39, 0.29) is 11.3 Å². The third kappa shape index (κ3) is 3.63. The molecular formula is C11H8N6O6. The molecule has 0 aliphatic heterocycles. The number of aromatic amines is 2. The lowest BCUT2D eigenvalue weighted by atomic mass is 10.2. The molecule has 1 heterocycles. The van der Waals surface area contributed by atoms with Crippen LogP contribution in [0.15, 0.2) is 39.1 Å². The summed E-state index contributed by atoms with van der Waals surface area (Å²) in [6.45, 7) is 0. The van der Waals surface area contributed by atoms with Gasteiger partial charge in [-0.2, -0.15) is 5.10 Å². The van der Waals surface area contributed by atoms with Gasteiger partial charge in [-0.15, -0.1) is 0 Å². The summed E-state index contributed by atoms with van der Waals surface area (Å²) in [5, 5.41) is 25.2. The van der Waals surface area contributed by atoms with E-state index < -0.39 is 32.5 Å². The van der Waals surface area contributed by atoms with Crippen LogP contribution in [0.5, 0.6) is 0 Å². The van der Waals surface area contributed by atoms with Gasteiger partial charge in [-0.05, 0) is 6.07 Å². The molecule has 0 fully saturated rings. The smallest absolute Gasteiger partial charge is 0.313 e. The van der Waals surface area contributed by atoms with Crippen LogP contribution in [0.3, 0.4) is 0 Å². The van der Waals surface area contributed by atoms with Gasteiger partial charge in [0.05, 0.1) is 27.7 Å². The molecule has 2 rings (SSSR count). The molecule has 12 nitrogen and oxygen atoms in total. The minimum Gasteiger partial charge on any atom is -0.313 e. The molecule has 0 unspecified atom stereocenters. The Labute approximate surface area is 125 Å². The number of anilines is 1. The largest absolute Gasteiger partial charge is 0.325 e. The van der Waals surface area contributed by atoms with E-state index in [1.54, 1.807) is 0 Å². The molecule has 0 aliphatic carbocycles. The number of rotatable bonds is 5. The van der Waals surface area contributed by atoms with Gasteiger partial charge < -0.3 is 4.98 Å². The summed E-state index contributed by atoms with van der Waals surface area (Å²) in [5.41, 5.74) is -0.163. The normalized spacial score (nSPS) is 10.6. The van der Waals surface area contributed by atoms with Crippen molar-refractivity contribution in [3.8, 4) is 0 Å². The van der Waals surface area contributed by atoms with E-state index in [9.17, 15) is 29.8 Å². The van der Waals surface area contributed by atoms with Crippen LogP contribution in [-0.4, -0.2) is 26.0 Å².